The molecular weight excluding hydrogens is 551 g/mol. The Morgan fingerprint density at radius 1 is 1.05 bits per heavy atom. The van der Waals surface area contributed by atoms with E-state index in [9.17, 15) is 19.4 Å². The van der Waals surface area contributed by atoms with Gasteiger partial charge in [0, 0.05) is 28.8 Å². The van der Waals surface area contributed by atoms with E-state index >= 15 is 0 Å². The van der Waals surface area contributed by atoms with Gasteiger partial charge in [-0.25, -0.2) is 4.39 Å². The number of halogens is 2. The van der Waals surface area contributed by atoms with Gasteiger partial charge >= 0.3 is 0 Å². The number of aryl methyl sites for hydroxylation is 1. The molecule has 0 saturated heterocycles. The highest BCUT2D eigenvalue weighted by Gasteiger charge is 2.27. The lowest BCUT2D eigenvalue weighted by Crippen LogP contribution is -2.20. The predicted molar refractivity (Wildman–Crippen MR) is 166 cm³/mol. The molecule has 42 heavy (non-hydrogen) atoms. The Morgan fingerprint density at radius 3 is 2.57 bits per heavy atom. The van der Waals surface area contributed by atoms with Gasteiger partial charge in [0.1, 0.15) is 17.7 Å². The second-order valence-electron chi connectivity index (χ2n) is 10.7. The Morgan fingerprint density at radius 2 is 1.83 bits per heavy atom. The van der Waals surface area contributed by atoms with Crippen LogP contribution in [0.1, 0.15) is 77.4 Å². The number of aliphatic hydroxyl groups excluding tert-OH is 1. The van der Waals surface area contributed by atoms with Crippen molar-refractivity contribution in [3.63, 3.8) is 0 Å². The summed E-state index contributed by atoms with van der Waals surface area (Å²) in [5.74, 6) is 0.228. The van der Waals surface area contributed by atoms with Crippen molar-refractivity contribution in [3.8, 4) is 11.1 Å². The number of nitrogens with one attached hydrogen (secondary N) is 1. The van der Waals surface area contributed by atoms with Crippen molar-refractivity contribution in [2.75, 3.05) is 0 Å². The molecule has 1 aliphatic heterocycles. The van der Waals surface area contributed by atoms with Gasteiger partial charge in [0.2, 0.25) is 0 Å². The highest BCUT2D eigenvalue weighted by molar-refractivity contribution is 6.31. The van der Waals surface area contributed by atoms with Crippen LogP contribution in [0.2, 0.25) is 0 Å². The molecule has 0 aromatic heterocycles. The van der Waals surface area contributed by atoms with Crippen molar-refractivity contribution >= 4 is 23.2 Å². The molecule has 2 atom stereocenters. The zero-order valence-corrected chi connectivity index (χ0v) is 24.4. The summed E-state index contributed by atoms with van der Waals surface area (Å²) in [6.45, 7) is 4.07. The molecule has 0 spiro atoms. The van der Waals surface area contributed by atoms with Crippen molar-refractivity contribution in [2.45, 2.75) is 57.8 Å². The smallest absolute Gasteiger partial charge is 0.179 e. The van der Waals surface area contributed by atoms with E-state index in [1.54, 1.807) is 24.3 Å². The second kappa shape index (κ2) is 13.0. The van der Waals surface area contributed by atoms with E-state index in [-0.39, 0.29) is 22.3 Å². The molecule has 0 saturated carbocycles. The van der Waals surface area contributed by atoms with E-state index in [2.05, 4.69) is 24.4 Å². The summed E-state index contributed by atoms with van der Waals surface area (Å²) in [6, 6.07) is 20.6. The molecular formula is C35H34ClFN2O3. The van der Waals surface area contributed by atoms with E-state index < -0.39 is 18.2 Å². The van der Waals surface area contributed by atoms with Gasteiger partial charge in [-0.2, -0.15) is 0 Å². The first-order chi connectivity index (χ1) is 20.3. The lowest BCUT2D eigenvalue weighted by atomic mass is 9.87. The van der Waals surface area contributed by atoms with Crippen molar-refractivity contribution < 1.29 is 19.4 Å². The van der Waals surface area contributed by atoms with Crippen LogP contribution in [-0.2, 0) is 0 Å². The Kier molecular flexibility index (Phi) is 9.17. The number of amidine groups is 1. The summed E-state index contributed by atoms with van der Waals surface area (Å²) in [5.41, 5.74) is 5.39. The van der Waals surface area contributed by atoms with Crippen LogP contribution < -0.4 is 5.32 Å². The number of benzene rings is 3. The van der Waals surface area contributed by atoms with Gasteiger partial charge in [0.05, 0.1) is 5.03 Å². The lowest BCUT2D eigenvalue weighted by molar-refractivity contribution is -0.0420. The fraction of sp³-hybridized carbons (Fsp3) is 0.257. The van der Waals surface area contributed by atoms with E-state index in [0.29, 0.717) is 29.1 Å². The topological polar surface area (TPSA) is 81.9 Å². The minimum Gasteiger partial charge on any atom is -0.364 e. The summed E-state index contributed by atoms with van der Waals surface area (Å²) >= 11 is 5.95. The minimum atomic E-state index is -1.80. The van der Waals surface area contributed by atoms with Crippen LogP contribution in [0.3, 0.4) is 0 Å². The van der Waals surface area contributed by atoms with Crippen LogP contribution >= 0.6 is 11.6 Å². The largest absolute Gasteiger partial charge is 0.364 e. The third-order valence-corrected chi connectivity index (χ3v) is 8.17. The molecule has 1 aliphatic carbocycles. The van der Waals surface area contributed by atoms with Crippen LogP contribution in [0.15, 0.2) is 107 Å². The molecule has 3 aromatic rings. The van der Waals surface area contributed by atoms with Crippen LogP contribution in [-0.4, -0.2) is 27.9 Å². The Bertz CT molecular complexity index is 1610. The van der Waals surface area contributed by atoms with Gasteiger partial charge in [0.25, 0.3) is 0 Å². The quantitative estimate of drug-likeness (QED) is 0.168. The van der Waals surface area contributed by atoms with E-state index in [1.165, 1.54) is 17.7 Å². The third kappa shape index (κ3) is 6.31. The van der Waals surface area contributed by atoms with E-state index in [0.717, 1.165) is 36.0 Å². The number of hydrogen-bond acceptors (Lipinski definition) is 5. The fourth-order valence-electron chi connectivity index (χ4n) is 5.72. The standard InChI is InChI=1S/C35H34ClFN2O3/c1-3-8-22(23-10-5-4-6-11-23)14-18-32(40)24-13-15-25(27(19-24)35(41)42)33-21(2)9-7-12-26(33)34-38-30-17-16-28(36)29(37)20-31(30)39-34/h4-7,9-13,15-17,19-20,22,30,35,41-42H,3,8,14,18H2,1-2H3,(H,38,39)/t22-,30?/m0/s1. The second-order valence-corrected chi connectivity index (χ2v) is 11.1. The lowest BCUT2D eigenvalue weighted by Gasteiger charge is -2.19. The van der Waals surface area contributed by atoms with Crippen LogP contribution in [0.4, 0.5) is 4.39 Å². The number of aliphatic imine (C=N–C) groups is 1. The zero-order chi connectivity index (χ0) is 29.8. The van der Waals surface area contributed by atoms with Gasteiger partial charge in [-0.05, 0) is 66.2 Å². The third-order valence-electron chi connectivity index (χ3n) is 7.86. The van der Waals surface area contributed by atoms with Crippen LogP contribution in [0, 0.1) is 6.92 Å². The van der Waals surface area contributed by atoms with Gasteiger partial charge < -0.3 is 15.5 Å². The van der Waals surface area contributed by atoms with E-state index in [1.807, 2.05) is 43.3 Å². The van der Waals surface area contributed by atoms with Crippen LogP contribution in [0.25, 0.3) is 11.1 Å². The molecule has 0 bridgehead atoms. The first-order valence-electron chi connectivity index (χ1n) is 14.2. The van der Waals surface area contributed by atoms with E-state index in [4.69, 9.17) is 16.6 Å². The first kappa shape index (κ1) is 29.6. The van der Waals surface area contributed by atoms with Crippen molar-refractivity contribution in [2.24, 2.45) is 4.99 Å². The molecule has 3 N–H and O–H groups in total. The summed E-state index contributed by atoms with van der Waals surface area (Å²) < 4.78 is 14.3. The molecule has 0 fully saturated rings. The SMILES string of the molecule is CCC[C@@H](CCC(=O)c1ccc(-c2c(C)cccc2C2=NC3C=CC(Cl)=C(F)C=C3N2)c(C(O)O)c1)c1ccccc1. The van der Waals surface area contributed by atoms with Gasteiger partial charge in [-0.15, -0.1) is 0 Å². The number of nitrogens with zero attached hydrogens (tertiary/aromatic N) is 1. The Balaban J connectivity index is 1.45. The van der Waals surface area contributed by atoms with Gasteiger partial charge in [0.15, 0.2) is 12.1 Å². The Hall–Kier alpha value is -3.84. The van der Waals surface area contributed by atoms with Crippen molar-refractivity contribution in [3.05, 3.63) is 129 Å². The van der Waals surface area contributed by atoms with Gasteiger partial charge in [-0.1, -0.05) is 91.7 Å². The van der Waals surface area contributed by atoms with Crippen molar-refractivity contribution in [1.29, 1.82) is 0 Å². The number of Topliss-reactive ketones (excluding diaryl/α,β-unsaturated/α-hetero) is 1. The summed E-state index contributed by atoms with van der Waals surface area (Å²) in [6.07, 6.45) is 5.85. The molecule has 1 unspecified atom stereocenters. The average Bonchev–Trinajstić information content (AvgIpc) is 3.34. The van der Waals surface area contributed by atoms with Crippen LogP contribution in [0.5, 0.6) is 0 Å². The number of fused-ring (bicyclic) bond motifs is 1. The fourth-order valence-corrected chi connectivity index (χ4v) is 5.85. The maximum atomic E-state index is 14.3. The number of ketones is 1. The number of hydrogen-bond donors (Lipinski definition) is 3. The minimum absolute atomic E-state index is 0.0175. The monoisotopic (exact) mass is 584 g/mol. The molecule has 0 amide bonds. The molecule has 5 rings (SSSR count). The number of aliphatic hydroxyl groups is 2. The molecule has 7 heteroatoms. The summed E-state index contributed by atoms with van der Waals surface area (Å²) in [7, 11) is 0. The zero-order valence-electron chi connectivity index (χ0n) is 23.6. The van der Waals surface area contributed by atoms with Crippen molar-refractivity contribution in [1.82, 2.24) is 5.32 Å². The maximum Gasteiger partial charge on any atom is 0.179 e. The molecule has 2 aliphatic rings. The normalized spacial score (nSPS) is 17.0. The summed E-state index contributed by atoms with van der Waals surface area (Å²) in [4.78, 5) is 18.1. The highest BCUT2D eigenvalue weighted by atomic mass is 35.5. The number of carbonyl (C=O) groups excluding carboxylic acids is 1. The number of rotatable bonds is 10. The first-order valence-corrected chi connectivity index (χ1v) is 14.6. The maximum absolute atomic E-state index is 14.3. The molecule has 3 aromatic carbocycles. The Labute approximate surface area is 250 Å². The number of carbonyl (C=O) groups is 1. The molecule has 5 nitrogen and oxygen atoms in total. The summed E-state index contributed by atoms with van der Waals surface area (Å²) in [5, 5.41) is 24.1. The molecule has 1 heterocycles. The molecule has 216 valence electrons. The number of allylic oxidation sites excluding steroid dienone is 4. The average molecular weight is 585 g/mol. The molecule has 0 radical (unpaired) electrons. The predicted octanol–water partition coefficient (Wildman–Crippen LogP) is 7.78. The van der Waals surface area contributed by atoms with Gasteiger partial charge in [-0.3, -0.25) is 9.79 Å². The highest BCUT2D eigenvalue weighted by Crippen LogP contribution is 2.36.